The molecule has 0 radical (unpaired) electrons. The molecule has 0 aliphatic carbocycles. The van der Waals surface area contributed by atoms with Crippen molar-refractivity contribution in [1.29, 1.82) is 0 Å². The van der Waals surface area contributed by atoms with E-state index in [1.54, 1.807) is 18.3 Å². The lowest BCUT2D eigenvalue weighted by Crippen LogP contribution is -2.17. The van der Waals surface area contributed by atoms with Gasteiger partial charge in [0.25, 0.3) is 16.0 Å². The van der Waals surface area contributed by atoms with Gasteiger partial charge in [0.05, 0.1) is 10.6 Å². The number of benzene rings is 3. The number of fused-ring (bicyclic) bond motifs is 1. The molecule has 0 bridgehead atoms. The fourth-order valence-electron chi connectivity index (χ4n) is 4.04. The van der Waals surface area contributed by atoms with Gasteiger partial charge in [-0.05, 0) is 87.0 Å². The number of carbonyl (C=O) groups is 1. The number of hydrogen-bond acceptors (Lipinski definition) is 6. The molecule has 208 valence electrons. The van der Waals surface area contributed by atoms with Gasteiger partial charge in [-0.2, -0.15) is 8.42 Å². The van der Waals surface area contributed by atoms with Gasteiger partial charge < -0.3 is 15.6 Å². The number of anilines is 1. The van der Waals surface area contributed by atoms with Gasteiger partial charge in [-0.3, -0.25) is 14.4 Å². The first kappa shape index (κ1) is 28.6. The van der Waals surface area contributed by atoms with Crippen molar-refractivity contribution in [2.24, 2.45) is 0 Å². The standard InChI is InChI=1S/C21H21FN6O.C7H8O3S/c1-13-18(8-9-23-11-17-12-24-28-27-17)19-10-16(6-7-20(19)25-13)26-21(29)14-2-4-15(22)5-3-14;1-6-2-4-7(5-3-6)11(8,9)10/h2-7,10,12,23,25H,8-9,11H2,1H3,(H,26,29)(H,24,27,28);2-5H,1H3,(H,8,9,10). The number of H-pyrrole nitrogens is 2. The molecule has 2 heterocycles. The molecule has 12 heteroatoms. The summed E-state index contributed by atoms with van der Waals surface area (Å²) < 4.78 is 42.6. The average molecular weight is 565 g/mol. The molecule has 0 fully saturated rings. The van der Waals surface area contributed by atoms with Crippen LogP contribution >= 0.6 is 0 Å². The molecule has 40 heavy (non-hydrogen) atoms. The number of rotatable bonds is 8. The Labute approximate surface area is 230 Å². The Bertz CT molecular complexity index is 1680. The highest BCUT2D eigenvalue weighted by atomic mass is 32.2. The zero-order chi connectivity index (χ0) is 28.7. The first-order valence-electron chi connectivity index (χ1n) is 12.4. The first-order chi connectivity index (χ1) is 19.1. The van der Waals surface area contributed by atoms with E-state index in [0.717, 1.165) is 40.8 Å². The molecule has 0 saturated carbocycles. The van der Waals surface area contributed by atoms with Gasteiger partial charge in [-0.1, -0.05) is 22.9 Å². The fourth-order valence-corrected chi connectivity index (χ4v) is 4.52. The lowest BCUT2D eigenvalue weighted by molar-refractivity contribution is 0.102. The highest BCUT2D eigenvalue weighted by Gasteiger charge is 2.12. The van der Waals surface area contributed by atoms with Crippen LogP contribution in [-0.2, 0) is 23.1 Å². The number of aryl methyl sites for hydroxylation is 2. The van der Waals surface area contributed by atoms with Crippen LogP contribution in [0.15, 0.2) is 77.8 Å². The van der Waals surface area contributed by atoms with E-state index in [1.165, 1.54) is 42.0 Å². The number of carbonyl (C=O) groups excluding carboxylic acids is 1. The zero-order valence-electron chi connectivity index (χ0n) is 21.9. The maximum absolute atomic E-state index is 13.1. The summed E-state index contributed by atoms with van der Waals surface area (Å²) >= 11 is 0. The van der Waals surface area contributed by atoms with Crippen molar-refractivity contribution in [3.05, 3.63) is 107 Å². The Morgan fingerprint density at radius 1 is 1.02 bits per heavy atom. The minimum Gasteiger partial charge on any atom is -0.358 e. The van der Waals surface area contributed by atoms with Crippen molar-refractivity contribution in [2.75, 3.05) is 11.9 Å². The molecule has 5 aromatic rings. The second kappa shape index (κ2) is 12.6. The maximum Gasteiger partial charge on any atom is 0.294 e. The van der Waals surface area contributed by atoms with Gasteiger partial charge in [0.1, 0.15) is 5.82 Å². The maximum atomic E-state index is 13.1. The number of aromatic nitrogens is 4. The number of halogens is 1. The van der Waals surface area contributed by atoms with Gasteiger partial charge in [-0.25, -0.2) is 4.39 Å². The second-order valence-electron chi connectivity index (χ2n) is 9.13. The van der Waals surface area contributed by atoms with E-state index in [1.807, 2.05) is 32.0 Å². The highest BCUT2D eigenvalue weighted by molar-refractivity contribution is 7.85. The number of nitrogens with one attached hydrogen (secondary N) is 4. The molecule has 0 unspecified atom stereocenters. The summed E-state index contributed by atoms with van der Waals surface area (Å²) in [5, 5.41) is 17.6. The Balaban J connectivity index is 0.000000283. The van der Waals surface area contributed by atoms with E-state index >= 15 is 0 Å². The molecule has 3 aromatic carbocycles. The third kappa shape index (κ3) is 7.59. The van der Waals surface area contributed by atoms with Crippen LogP contribution in [0.3, 0.4) is 0 Å². The SMILES string of the molecule is Cc1[nH]c2ccc(NC(=O)c3ccc(F)cc3)cc2c1CCNCc1c[nH]nn1.Cc1ccc(S(=O)(=O)O)cc1. The molecule has 10 nitrogen and oxygen atoms in total. The molecule has 0 atom stereocenters. The van der Waals surface area contributed by atoms with Crippen LogP contribution in [0.4, 0.5) is 10.1 Å². The Kier molecular flexibility index (Phi) is 9.04. The van der Waals surface area contributed by atoms with E-state index < -0.39 is 10.1 Å². The molecule has 1 amide bonds. The van der Waals surface area contributed by atoms with Gasteiger partial charge in [0, 0.05) is 40.6 Å². The predicted molar refractivity (Wildman–Crippen MR) is 150 cm³/mol. The second-order valence-corrected chi connectivity index (χ2v) is 10.6. The van der Waals surface area contributed by atoms with Crippen molar-refractivity contribution < 1.29 is 22.2 Å². The summed E-state index contributed by atoms with van der Waals surface area (Å²) in [7, 11) is -4.02. The largest absolute Gasteiger partial charge is 0.358 e. The summed E-state index contributed by atoms with van der Waals surface area (Å²) in [5.74, 6) is -0.639. The van der Waals surface area contributed by atoms with E-state index in [-0.39, 0.29) is 16.6 Å². The van der Waals surface area contributed by atoms with Crippen LogP contribution in [0.2, 0.25) is 0 Å². The number of nitrogens with zero attached hydrogens (tertiary/aromatic N) is 2. The minimum absolute atomic E-state index is 0.0666. The molecule has 2 aromatic heterocycles. The monoisotopic (exact) mass is 564 g/mol. The third-order valence-corrected chi connectivity index (χ3v) is 7.00. The summed E-state index contributed by atoms with van der Waals surface area (Å²) in [6.07, 6.45) is 2.60. The molecule has 0 saturated heterocycles. The van der Waals surface area contributed by atoms with Crippen molar-refractivity contribution in [3.63, 3.8) is 0 Å². The number of hydrogen-bond donors (Lipinski definition) is 5. The van der Waals surface area contributed by atoms with E-state index in [2.05, 4.69) is 31.0 Å². The summed E-state index contributed by atoms with van der Waals surface area (Å²) in [6.45, 7) is 5.32. The average Bonchev–Trinajstić information content (AvgIpc) is 3.54. The molecule has 0 aliphatic heterocycles. The Morgan fingerprint density at radius 3 is 2.40 bits per heavy atom. The normalized spacial score (nSPS) is 11.2. The van der Waals surface area contributed by atoms with Crippen LogP contribution in [0.5, 0.6) is 0 Å². The van der Waals surface area contributed by atoms with Crippen LogP contribution in [0, 0.1) is 19.7 Å². The van der Waals surface area contributed by atoms with Gasteiger partial charge >= 0.3 is 0 Å². The van der Waals surface area contributed by atoms with Gasteiger partial charge in [0.15, 0.2) is 0 Å². The van der Waals surface area contributed by atoms with Crippen LogP contribution in [-0.4, -0.2) is 45.8 Å². The molecule has 0 spiro atoms. The smallest absolute Gasteiger partial charge is 0.294 e. The quantitative estimate of drug-likeness (QED) is 0.137. The molecule has 0 aliphatic rings. The van der Waals surface area contributed by atoms with Crippen molar-refractivity contribution in [1.82, 2.24) is 25.7 Å². The van der Waals surface area contributed by atoms with E-state index in [0.29, 0.717) is 17.8 Å². The lowest BCUT2D eigenvalue weighted by Gasteiger charge is -2.07. The Hall–Kier alpha value is -4.39. The highest BCUT2D eigenvalue weighted by Crippen LogP contribution is 2.26. The predicted octanol–water partition coefficient (Wildman–Crippen LogP) is 4.56. The lowest BCUT2D eigenvalue weighted by atomic mass is 10.1. The van der Waals surface area contributed by atoms with Crippen LogP contribution in [0.25, 0.3) is 10.9 Å². The molecular formula is C28H29FN6O4S. The van der Waals surface area contributed by atoms with Crippen LogP contribution < -0.4 is 10.6 Å². The summed E-state index contributed by atoms with van der Waals surface area (Å²) in [5.41, 5.74) is 6.25. The Morgan fingerprint density at radius 2 is 1.75 bits per heavy atom. The topological polar surface area (TPSA) is 153 Å². The summed E-state index contributed by atoms with van der Waals surface area (Å²) in [4.78, 5) is 15.7. The number of amides is 1. The zero-order valence-corrected chi connectivity index (χ0v) is 22.7. The van der Waals surface area contributed by atoms with Crippen molar-refractivity contribution >= 4 is 32.6 Å². The summed E-state index contributed by atoms with van der Waals surface area (Å²) in [6, 6.07) is 17.2. The fraction of sp³-hybridized carbons (Fsp3) is 0.179. The van der Waals surface area contributed by atoms with E-state index in [9.17, 15) is 17.6 Å². The van der Waals surface area contributed by atoms with Gasteiger partial charge in [-0.15, -0.1) is 5.10 Å². The van der Waals surface area contributed by atoms with Gasteiger partial charge in [0.2, 0.25) is 0 Å². The van der Waals surface area contributed by atoms with E-state index in [4.69, 9.17) is 4.55 Å². The third-order valence-electron chi connectivity index (χ3n) is 6.13. The van der Waals surface area contributed by atoms with Crippen molar-refractivity contribution in [2.45, 2.75) is 31.7 Å². The minimum atomic E-state index is -4.02. The first-order valence-corrected chi connectivity index (χ1v) is 13.8. The molecular weight excluding hydrogens is 535 g/mol. The molecule has 5 rings (SSSR count). The molecule has 5 N–H and O–H groups in total. The van der Waals surface area contributed by atoms with Crippen LogP contribution in [0.1, 0.15) is 32.9 Å². The number of aromatic amines is 2. The van der Waals surface area contributed by atoms with Crippen molar-refractivity contribution in [3.8, 4) is 0 Å².